The Balaban J connectivity index is 1.76. The smallest absolute Gasteiger partial charge is 0.334 e. The van der Waals surface area contributed by atoms with Crippen molar-refractivity contribution in [2.45, 2.75) is 295 Å². The van der Waals surface area contributed by atoms with Crippen molar-refractivity contribution < 1.29 is 60.6 Å². The summed E-state index contributed by atoms with van der Waals surface area (Å²) in [4.78, 5) is 47.1. The lowest BCUT2D eigenvalue weighted by atomic mass is 9.81. The van der Waals surface area contributed by atoms with E-state index in [0.717, 1.165) is 37.7 Å². The van der Waals surface area contributed by atoms with Gasteiger partial charge in [0.15, 0.2) is 8.32 Å². The van der Waals surface area contributed by atoms with Gasteiger partial charge in [0.2, 0.25) is 5.79 Å². The first-order valence-electron chi connectivity index (χ1n) is 31.0. The Kier molecular flexibility index (Phi) is 24.2. The first kappa shape index (κ1) is 68.9. The molecule has 0 aromatic heterocycles. The van der Waals surface area contributed by atoms with E-state index < -0.39 is 103 Å². The fraction of sp³-hybridized carbons (Fsp3) is 0.857. The zero-order valence-electron chi connectivity index (χ0n) is 54.0. The fourth-order valence-corrected chi connectivity index (χ4v) is 26.8. The summed E-state index contributed by atoms with van der Waals surface area (Å²) in [6.45, 7) is 45.9. The standard InChI is InChI=1S/C63H113NO13Si3/c1-24-48-32-42(11)31-43(12)33-55(70-20)58-56(71-21)35-45(14)63(68,73-58)59(65)60(66)64-49(25-2)27-26-28-50(64)61(67)72-57(44(13)34-47-29-30-51(54(36-47)69-19)74-78(22,23)62(16,17)18)46(15)52-37-53(48)76-80(40(7)8,41(9)10)77-79(75-52,38(3)4)39(5)6/h25,32,34,38-41,43,45-58,68H,2,24,26-31,33,35-37H2,1,3-23H3/b42-32+,44-34+/t43-,45+,46+,47-,48+,49?,50-,51+,52-,53-,54+,55-,56-,57+,58+,63+/m0/s1. The zero-order valence-corrected chi connectivity index (χ0v) is 57.0. The number of Topliss-reactive ketones (excluding diaryl/α,β-unsaturated/α-hetero) is 1. The largest absolute Gasteiger partial charge is 0.456 e. The Hall–Kier alpha value is -1.88. The number of ether oxygens (including phenoxy) is 5. The molecule has 1 saturated carbocycles. The van der Waals surface area contributed by atoms with Crippen molar-refractivity contribution in [3.8, 4) is 0 Å². The van der Waals surface area contributed by atoms with Crippen molar-refractivity contribution in [2.24, 2.45) is 29.6 Å². The topological polar surface area (TPSA) is 158 Å². The van der Waals surface area contributed by atoms with Crippen LogP contribution < -0.4 is 0 Å². The van der Waals surface area contributed by atoms with E-state index in [1.807, 2.05) is 0 Å². The number of aliphatic hydroxyl groups is 1. The highest BCUT2D eigenvalue weighted by Gasteiger charge is 2.61. The average Bonchev–Trinajstić information content (AvgIpc) is 3.38. The summed E-state index contributed by atoms with van der Waals surface area (Å²) in [5.41, 5.74) is 2.41. The van der Waals surface area contributed by atoms with E-state index in [4.69, 9.17) is 41.1 Å². The normalized spacial score (nSPS) is 37.6. The van der Waals surface area contributed by atoms with E-state index in [1.54, 1.807) is 34.3 Å². The Morgan fingerprint density at radius 2 is 1.39 bits per heavy atom. The van der Waals surface area contributed by atoms with Gasteiger partial charge in [-0.25, -0.2) is 4.79 Å². The highest BCUT2D eigenvalue weighted by molar-refractivity contribution is 6.84. The van der Waals surface area contributed by atoms with Crippen LogP contribution in [-0.2, 0) is 55.5 Å². The summed E-state index contributed by atoms with van der Waals surface area (Å²) in [5.74, 6) is -6.46. The van der Waals surface area contributed by atoms with Crippen molar-refractivity contribution in [1.82, 2.24) is 4.90 Å². The Labute approximate surface area is 488 Å². The highest BCUT2D eigenvalue weighted by atomic mass is 28.5. The molecule has 4 aliphatic heterocycles. The van der Waals surface area contributed by atoms with Crippen molar-refractivity contribution in [2.75, 3.05) is 21.3 Å². The summed E-state index contributed by atoms with van der Waals surface area (Å²) in [6.07, 6.45) is 9.01. The minimum absolute atomic E-state index is 0.0138. The van der Waals surface area contributed by atoms with Crippen LogP contribution in [0.3, 0.4) is 0 Å². The van der Waals surface area contributed by atoms with Crippen LogP contribution >= 0.6 is 0 Å². The maximum absolute atomic E-state index is 15.6. The van der Waals surface area contributed by atoms with Crippen molar-refractivity contribution >= 4 is 43.1 Å². The molecule has 460 valence electrons. The van der Waals surface area contributed by atoms with Gasteiger partial charge >= 0.3 is 23.1 Å². The second-order valence-electron chi connectivity index (χ2n) is 28.0. The lowest BCUT2D eigenvalue weighted by Gasteiger charge is -2.54. The molecular formula is C63H113NO13Si3. The Morgan fingerprint density at radius 1 is 0.825 bits per heavy atom. The summed E-state index contributed by atoms with van der Waals surface area (Å²) in [6, 6.07) is -1.86. The third kappa shape index (κ3) is 14.8. The van der Waals surface area contributed by atoms with Crippen molar-refractivity contribution in [3.63, 3.8) is 0 Å². The van der Waals surface area contributed by atoms with Crippen LogP contribution in [-0.4, -0.2) is 141 Å². The molecule has 17 heteroatoms. The second kappa shape index (κ2) is 28.1. The molecular weight excluding hydrogens is 1060 g/mol. The number of nitrogens with zero attached hydrogens (tertiary/aromatic N) is 1. The van der Waals surface area contributed by atoms with E-state index in [0.29, 0.717) is 25.7 Å². The van der Waals surface area contributed by atoms with E-state index >= 15 is 14.4 Å². The van der Waals surface area contributed by atoms with Gasteiger partial charge in [-0.15, -0.1) is 6.58 Å². The van der Waals surface area contributed by atoms with Crippen LogP contribution in [0.2, 0.25) is 40.3 Å². The van der Waals surface area contributed by atoms with E-state index in [9.17, 15) is 5.11 Å². The maximum Gasteiger partial charge on any atom is 0.334 e. The summed E-state index contributed by atoms with van der Waals surface area (Å²) >= 11 is 0. The molecule has 16 atom stereocenters. The first-order chi connectivity index (χ1) is 37.2. The highest BCUT2D eigenvalue weighted by Crippen LogP contribution is 2.50. The van der Waals surface area contributed by atoms with Gasteiger partial charge in [-0.05, 0) is 142 Å². The Bertz CT molecular complexity index is 2130. The summed E-state index contributed by atoms with van der Waals surface area (Å²) in [5, 5.41) is 12.6. The number of esters is 1. The quantitative estimate of drug-likeness (QED) is 0.0805. The number of hydrogen-bond acceptors (Lipinski definition) is 13. The van der Waals surface area contributed by atoms with Crippen LogP contribution in [0.4, 0.5) is 0 Å². The molecule has 3 saturated heterocycles. The van der Waals surface area contributed by atoms with Gasteiger partial charge in [-0.3, -0.25) is 9.59 Å². The molecule has 80 heavy (non-hydrogen) atoms. The third-order valence-electron chi connectivity index (χ3n) is 19.9. The number of ketones is 1. The number of cyclic esters (lactones) is 1. The van der Waals surface area contributed by atoms with Crippen LogP contribution in [0.5, 0.6) is 0 Å². The number of carbonyl (C=O) groups excluding carboxylic acids is 3. The summed E-state index contributed by atoms with van der Waals surface area (Å²) < 4.78 is 62.9. The molecule has 0 radical (unpaired) electrons. The van der Waals surface area contributed by atoms with Crippen LogP contribution in [0.1, 0.15) is 188 Å². The van der Waals surface area contributed by atoms with Gasteiger partial charge in [0.1, 0.15) is 18.2 Å². The fourth-order valence-electron chi connectivity index (χ4n) is 14.0. The lowest BCUT2D eigenvalue weighted by Crippen LogP contribution is -2.66. The zero-order chi connectivity index (χ0) is 60.2. The first-order valence-corrected chi connectivity index (χ1v) is 37.8. The van der Waals surface area contributed by atoms with Crippen LogP contribution in [0.15, 0.2) is 36.0 Å². The molecule has 4 fully saturated rings. The van der Waals surface area contributed by atoms with Gasteiger partial charge in [0, 0.05) is 39.1 Å². The van der Waals surface area contributed by atoms with E-state index in [-0.39, 0.29) is 76.1 Å². The molecule has 0 aromatic carbocycles. The molecule has 1 amide bonds. The predicted octanol–water partition coefficient (Wildman–Crippen LogP) is 13.5. The number of piperidine rings is 1. The number of hydrogen-bond donors (Lipinski definition) is 1. The molecule has 4 bridgehead atoms. The predicted molar refractivity (Wildman–Crippen MR) is 325 cm³/mol. The van der Waals surface area contributed by atoms with Gasteiger partial charge in [-0.2, -0.15) is 0 Å². The monoisotopic (exact) mass is 1180 g/mol. The van der Waals surface area contributed by atoms with Gasteiger partial charge in [0.25, 0.3) is 11.7 Å². The average molecular weight is 1180 g/mol. The number of rotatable bonds is 13. The summed E-state index contributed by atoms with van der Waals surface area (Å²) in [7, 11) is -3.43. The molecule has 1 aliphatic carbocycles. The number of methoxy groups -OCH3 is 3. The maximum atomic E-state index is 15.6. The van der Waals surface area contributed by atoms with E-state index in [1.165, 1.54) is 10.5 Å². The van der Waals surface area contributed by atoms with Gasteiger partial charge < -0.3 is 51.1 Å². The second-order valence-corrected chi connectivity index (χ2v) is 41.5. The Morgan fingerprint density at radius 3 is 1.91 bits per heavy atom. The minimum Gasteiger partial charge on any atom is -0.456 e. The lowest BCUT2D eigenvalue weighted by molar-refractivity contribution is -0.302. The molecule has 4 heterocycles. The SMILES string of the molecule is C=CC1CCC[C@H]2C(=O)O[C@H](/C(C)=C/[C@@H]3CC[C@@H](O[Si](C)(C)C(C)(C)C)[C@H](OC)C3)[C@H](C)[C@@H]3C[C@H](O[Si](C(C)C)(C(C)C)O[Si](C(C)C)(C(C)C)O3)[C@H](CC)/C=C(\C)C[C@H](C)C[C@H](OC)[C@H]3O[C@@](O)(C(=O)C(=O)N12)[C@H](C)C[C@@H]3OC. The molecule has 5 aliphatic rings. The molecule has 14 nitrogen and oxygen atoms in total. The van der Waals surface area contributed by atoms with Crippen molar-refractivity contribution in [3.05, 3.63) is 36.0 Å². The number of carbonyl (C=O) groups is 3. The minimum atomic E-state index is -3.21. The number of amides is 1. The number of fused-ring (bicyclic) bond motifs is 5. The molecule has 1 unspecified atom stereocenters. The molecule has 0 spiro atoms. The third-order valence-corrected chi connectivity index (χ3v) is 34.7. The molecule has 1 N–H and O–H groups in total. The van der Waals surface area contributed by atoms with Gasteiger partial charge in [-0.1, -0.05) is 128 Å². The molecule has 0 aromatic rings. The van der Waals surface area contributed by atoms with Gasteiger partial charge in [0.05, 0.1) is 42.7 Å². The molecule has 5 rings (SSSR count). The van der Waals surface area contributed by atoms with Crippen LogP contribution in [0.25, 0.3) is 0 Å². The van der Waals surface area contributed by atoms with Crippen molar-refractivity contribution in [1.29, 1.82) is 0 Å². The van der Waals surface area contributed by atoms with Crippen LogP contribution in [0, 0.1) is 29.6 Å². The number of allylic oxidation sites excluding steroid dienone is 2. The van der Waals surface area contributed by atoms with E-state index in [2.05, 4.69) is 143 Å².